The van der Waals surface area contributed by atoms with Gasteiger partial charge in [0.05, 0.1) is 11.6 Å². The van der Waals surface area contributed by atoms with Crippen molar-refractivity contribution in [2.45, 2.75) is 31.4 Å². The van der Waals surface area contributed by atoms with Gasteiger partial charge in [-0.3, -0.25) is 14.4 Å². The first kappa shape index (κ1) is 15.5. The Labute approximate surface area is 132 Å². The van der Waals surface area contributed by atoms with Crippen LogP contribution in [0.4, 0.5) is 0 Å². The van der Waals surface area contributed by atoms with Gasteiger partial charge in [0, 0.05) is 26.4 Å². The van der Waals surface area contributed by atoms with Crippen LogP contribution in [0.25, 0.3) is 0 Å². The summed E-state index contributed by atoms with van der Waals surface area (Å²) in [6.45, 7) is 2.91. The summed E-state index contributed by atoms with van der Waals surface area (Å²) < 4.78 is 7.12. The number of nitrogens with zero attached hydrogens (tertiary/aromatic N) is 2. The van der Waals surface area contributed by atoms with Crippen molar-refractivity contribution in [2.75, 3.05) is 20.2 Å². The molecule has 0 atom stereocenters. The van der Waals surface area contributed by atoms with Crippen LogP contribution in [0.1, 0.15) is 40.6 Å². The Bertz CT molecular complexity index is 748. The molecule has 2 amide bonds. The number of hydrogen-bond donors (Lipinski definition) is 2. The second-order valence-electron chi connectivity index (χ2n) is 6.17. The van der Waals surface area contributed by atoms with E-state index in [9.17, 15) is 19.5 Å². The number of nitrogens with two attached hydrogens (primary N) is 1. The van der Waals surface area contributed by atoms with Crippen LogP contribution in [-0.2, 0) is 10.3 Å². The summed E-state index contributed by atoms with van der Waals surface area (Å²) in [5.41, 5.74) is 3.40. The Hall–Kier alpha value is -2.35. The Morgan fingerprint density at radius 1 is 1.48 bits per heavy atom. The third kappa shape index (κ3) is 2.13. The molecule has 1 aliphatic carbocycles. The number of pyridine rings is 1. The highest BCUT2D eigenvalue weighted by molar-refractivity contribution is 5.98. The van der Waals surface area contributed by atoms with Gasteiger partial charge in [-0.05, 0) is 19.8 Å². The van der Waals surface area contributed by atoms with Gasteiger partial charge in [-0.2, -0.15) is 0 Å². The van der Waals surface area contributed by atoms with Gasteiger partial charge in [-0.15, -0.1) is 0 Å². The number of primary amides is 1. The Morgan fingerprint density at radius 3 is 2.70 bits per heavy atom. The van der Waals surface area contributed by atoms with Crippen molar-refractivity contribution >= 4 is 11.8 Å². The van der Waals surface area contributed by atoms with Crippen LogP contribution in [0.5, 0.6) is 5.75 Å². The van der Waals surface area contributed by atoms with E-state index >= 15 is 0 Å². The molecule has 1 fully saturated rings. The van der Waals surface area contributed by atoms with E-state index in [1.807, 2.05) is 6.92 Å². The number of amides is 2. The maximum atomic E-state index is 12.4. The molecule has 124 valence electrons. The van der Waals surface area contributed by atoms with Crippen molar-refractivity contribution in [1.82, 2.24) is 9.47 Å². The molecule has 0 radical (unpaired) electrons. The van der Waals surface area contributed by atoms with Crippen LogP contribution >= 0.6 is 0 Å². The van der Waals surface area contributed by atoms with Gasteiger partial charge in [0.25, 0.3) is 11.8 Å². The first-order chi connectivity index (χ1) is 10.8. The van der Waals surface area contributed by atoms with Gasteiger partial charge in [-0.1, -0.05) is 0 Å². The Balaban J connectivity index is 2.17. The molecule has 0 unspecified atom stereocenters. The second-order valence-corrected chi connectivity index (χ2v) is 6.17. The van der Waals surface area contributed by atoms with E-state index in [0.29, 0.717) is 26.0 Å². The minimum Gasteiger partial charge on any atom is -0.503 e. The number of aromatic hydroxyl groups is 1. The molecule has 3 N–H and O–H groups in total. The molecular formula is C15H19N3O5. The van der Waals surface area contributed by atoms with Crippen LogP contribution in [0.3, 0.4) is 0 Å². The predicted molar refractivity (Wildman–Crippen MR) is 80.5 cm³/mol. The molecule has 8 nitrogen and oxygen atoms in total. The molecule has 8 heteroatoms. The zero-order valence-electron chi connectivity index (χ0n) is 13.0. The minimum absolute atomic E-state index is 0.0491. The van der Waals surface area contributed by atoms with Crippen molar-refractivity contribution in [3.05, 3.63) is 27.7 Å². The van der Waals surface area contributed by atoms with Crippen LogP contribution in [0, 0.1) is 0 Å². The number of likely N-dealkylation sites (N-methyl/N-ethyl adjacent to an activating group) is 1. The van der Waals surface area contributed by atoms with Crippen LogP contribution < -0.4 is 11.2 Å². The number of ether oxygens (including phenoxy) is 1. The monoisotopic (exact) mass is 321 g/mol. The molecule has 1 aromatic rings. The molecule has 23 heavy (non-hydrogen) atoms. The lowest BCUT2D eigenvalue weighted by Crippen LogP contribution is -2.61. The van der Waals surface area contributed by atoms with Gasteiger partial charge in [-0.25, -0.2) is 0 Å². The average Bonchev–Trinajstić information content (AvgIpc) is 2.45. The summed E-state index contributed by atoms with van der Waals surface area (Å²) >= 11 is 0. The minimum atomic E-state index is -0.928. The Morgan fingerprint density at radius 2 is 2.13 bits per heavy atom. The number of fused-ring (bicyclic) bond motifs is 2. The normalized spacial score (nSPS) is 26.1. The SMILES string of the molecule is CCOC1CC2(C1)CN(C)C(=O)c1c(O)c(=O)c(C(N)=O)cn12. The molecule has 1 aliphatic heterocycles. The van der Waals surface area contributed by atoms with E-state index in [0.717, 1.165) is 0 Å². The van der Waals surface area contributed by atoms with E-state index in [1.165, 1.54) is 11.1 Å². The lowest BCUT2D eigenvalue weighted by atomic mass is 9.72. The lowest BCUT2D eigenvalue weighted by Gasteiger charge is -2.53. The summed E-state index contributed by atoms with van der Waals surface area (Å²) in [6, 6.07) is 0. The first-order valence-corrected chi connectivity index (χ1v) is 7.46. The number of rotatable bonds is 3. The molecule has 0 aromatic carbocycles. The molecule has 1 spiro atoms. The van der Waals surface area contributed by atoms with Gasteiger partial charge < -0.3 is 25.0 Å². The summed E-state index contributed by atoms with van der Waals surface area (Å²) in [6.07, 6.45) is 2.61. The number of hydrogen-bond acceptors (Lipinski definition) is 5. The molecule has 0 bridgehead atoms. The standard InChI is InChI=1S/C15H19N3O5/c1-3-23-8-4-15(5-8)7-17(2)14(22)10-12(20)11(19)9(13(16)21)6-18(10)15/h6,8,20H,3-5,7H2,1-2H3,(H2,16,21). The van der Waals surface area contributed by atoms with E-state index < -0.39 is 28.5 Å². The number of carbonyl (C=O) groups is 2. The quantitative estimate of drug-likeness (QED) is 0.788. The number of aromatic nitrogens is 1. The summed E-state index contributed by atoms with van der Waals surface area (Å²) in [7, 11) is 1.62. The second kappa shape index (κ2) is 5.09. The molecule has 2 aliphatic rings. The molecule has 0 saturated heterocycles. The van der Waals surface area contributed by atoms with Crippen molar-refractivity contribution in [3.8, 4) is 5.75 Å². The fraction of sp³-hybridized carbons (Fsp3) is 0.533. The lowest BCUT2D eigenvalue weighted by molar-refractivity contribution is -0.0825. The van der Waals surface area contributed by atoms with Crippen molar-refractivity contribution in [1.29, 1.82) is 0 Å². The first-order valence-electron chi connectivity index (χ1n) is 7.46. The van der Waals surface area contributed by atoms with E-state index in [-0.39, 0.29) is 17.4 Å². The highest BCUT2D eigenvalue weighted by Crippen LogP contribution is 2.45. The maximum Gasteiger partial charge on any atom is 0.274 e. The van der Waals surface area contributed by atoms with Crippen LogP contribution in [-0.4, -0.2) is 52.7 Å². The highest BCUT2D eigenvalue weighted by Gasteiger charge is 2.52. The van der Waals surface area contributed by atoms with Crippen LogP contribution in [0.15, 0.2) is 11.0 Å². The largest absolute Gasteiger partial charge is 0.503 e. The van der Waals surface area contributed by atoms with E-state index in [2.05, 4.69) is 0 Å². The zero-order valence-corrected chi connectivity index (χ0v) is 13.0. The fourth-order valence-electron chi connectivity index (χ4n) is 3.59. The fourth-order valence-corrected chi connectivity index (χ4v) is 3.59. The van der Waals surface area contributed by atoms with Crippen molar-refractivity contribution < 1.29 is 19.4 Å². The maximum absolute atomic E-state index is 12.4. The Kier molecular flexibility index (Phi) is 3.44. The van der Waals surface area contributed by atoms with Crippen molar-refractivity contribution in [3.63, 3.8) is 0 Å². The molecule has 1 aromatic heterocycles. The smallest absolute Gasteiger partial charge is 0.274 e. The summed E-state index contributed by atoms with van der Waals surface area (Å²) in [4.78, 5) is 37.4. The average molecular weight is 321 g/mol. The summed E-state index contributed by atoms with van der Waals surface area (Å²) in [5.74, 6) is -2.11. The van der Waals surface area contributed by atoms with Gasteiger partial charge in [0.2, 0.25) is 5.43 Å². The van der Waals surface area contributed by atoms with Gasteiger partial charge in [0.1, 0.15) is 5.56 Å². The molecule has 3 rings (SSSR count). The molecule has 2 heterocycles. The molecule has 1 saturated carbocycles. The zero-order chi connectivity index (χ0) is 16.9. The van der Waals surface area contributed by atoms with Crippen molar-refractivity contribution in [2.24, 2.45) is 5.73 Å². The predicted octanol–water partition coefficient (Wildman–Crippen LogP) is -0.367. The van der Waals surface area contributed by atoms with Crippen LogP contribution in [0.2, 0.25) is 0 Å². The number of carbonyl (C=O) groups excluding carboxylic acids is 2. The third-order valence-corrected chi connectivity index (χ3v) is 4.66. The third-order valence-electron chi connectivity index (χ3n) is 4.66. The van der Waals surface area contributed by atoms with E-state index in [1.54, 1.807) is 11.6 Å². The highest BCUT2D eigenvalue weighted by atomic mass is 16.5. The van der Waals surface area contributed by atoms with Gasteiger partial charge in [0.15, 0.2) is 11.4 Å². The molecular weight excluding hydrogens is 302 g/mol. The summed E-state index contributed by atoms with van der Waals surface area (Å²) in [5, 5.41) is 10.2. The van der Waals surface area contributed by atoms with Gasteiger partial charge >= 0.3 is 0 Å². The van der Waals surface area contributed by atoms with E-state index in [4.69, 9.17) is 10.5 Å². The topological polar surface area (TPSA) is 115 Å².